The fraction of sp³-hybridized carbons (Fsp3) is 0.538. The van der Waals surface area contributed by atoms with Crippen molar-refractivity contribution in [3.63, 3.8) is 0 Å². The number of nitrogens with zero attached hydrogens (tertiary/aromatic N) is 1. The molecule has 1 N–H and O–H groups in total. The van der Waals surface area contributed by atoms with Gasteiger partial charge in [0.1, 0.15) is 0 Å². The summed E-state index contributed by atoms with van der Waals surface area (Å²) in [6, 6.07) is 12.2. The molecule has 2 rings (SSSR count). The van der Waals surface area contributed by atoms with E-state index < -0.39 is 0 Å². The third-order valence-electron chi connectivity index (χ3n) is 3.06. The summed E-state index contributed by atoms with van der Waals surface area (Å²) in [5.74, 6) is 0. The van der Waals surface area contributed by atoms with Crippen LogP contribution in [-0.4, -0.2) is 37.1 Å². The van der Waals surface area contributed by atoms with Gasteiger partial charge in [-0.2, -0.15) is 0 Å². The van der Waals surface area contributed by atoms with Gasteiger partial charge >= 0.3 is 0 Å². The first-order valence-corrected chi connectivity index (χ1v) is 5.76. The number of hydrogen-bond acceptors (Lipinski definition) is 2. The predicted octanol–water partition coefficient (Wildman–Crippen LogP) is 1.32. The quantitative estimate of drug-likeness (QED) is 0.797. The molecule has 0 aliphatic carbocycles. The molecule has 0 spiro atoms. The Balaban J connectivity index is 1.88. The van der Waals surface area contributed by atoms with Gasteiger partial charge in [0, 0.05) is 32.2 Å². The fourth-order valence-corrected chi connectivity index (χ4v) is 2.13. The van der Waals surface area contributed by atoms with Gasteiger partial charge in [-0.3, -0.25) is 4.90 Å². The van der Waals surface area contributed by atoms with Crippen molar-refractivity contribution < 1.29 is 0 Å². The molecule has 1 aliphatic heterocycles. The molecule has 1 aliphatic rings. The van der Waals surface area contributed by atoms with Crippen LogP contribution in [0.1, 0.15) is 12.5 Å². The van der Waals surface area contributed by atoms with Gasteiger partial charge in [0.15, 0.2) is 0 Å². The SMILES string of the molecule is CC(Cc1[c]cccc1)N1CCNCC1. The summed E-state index contributed by atoms with van der Waals surface area (Å²) < 4.78 is 0. The van der Waals surface area contributed by atoms with Crippen molar-refractivity contribution >= 4 is 0 Å². The second kappa shape index (κ2) is 5.29. The molecule has 1 heterocycles. The van der Waals surface area contributed by atoms with Crippen LogP contribution in [0, 0.1) is 6.07 Å². The lowest BCUT2D eigenvalue weighted by Crippen LogP contribution is -2.48. The molecule has 0 saturated carbocycles. The van der Waals surface area contributed by atoms with E-state index in [0.717, 1.165) is 19.5 Å². The normalized spacial score (nSPS) is 20.1. The van der Waals surface area contributed by atoms with Crippen molar-refractivity contribution in [1.29, 1.82) is 0 Å². The summed E-state index contributed by atoms with van der Waals surface area (Å²) >= 11 is 0. The molecule has 1 atom stereocenters. The summed E-state index contributed by atoms with van der Waals surface area (Å²) in [6.45, 7) is 6.92. The van der Waals surface area contributed by atoms with Gasteiger partial charge in [-0.1, -0.05) is 24.3 Å². The van der Waals surface area contributed by atoms with Crippen molar-refractivity contribution in [2.75, 3.05) is 26.2 Å². The average Bonchev–Trinajstić information content (AvgIpc) is 2.31. The second-order valence-electron chi connectivity index (χ2n) is 4.23. The maximum atomic E-state index is 3.38. The molecular weight excluding hydrogens is 184 g/mol. The number of benzene rings is 1. The van der Waals surface area contributed by atoms with Crippen LogP contribution >= 0.6 is 0 Å². The Labute approximate surface area is 92.3 Å². The summed E-state index contributed by atoms with van der Waals surface area (Å²) in [5.41, 5.74) is 1.32. The van der Waals surface area contributed by atoms with Gasteiger partial charge in [0.25, 0.3) is 0 Å². The first-order chi connectivity index (χ1) is 7.36. The zero-order valence-corrected chi connectivity index (χ0v) is 9.37. The van der Waals surface area contributed by atoms with Crippen LogP contribution in [0.5, 0.6) is 0 Å². The monoisotopic (exact) mass is 203 g/mol. The van der Waals surface area contributed by atoms with Crippen LogP contribution in [-0.2, 0) is 6.42 Å². The number of nitrogens with one attached hydrogen (secondary N) is 1. The lowest BCUT2D eigenvalue weighted by atomic mass is 10.1. The van der Waals surface area contributed by atoms with Gasteiger partial charge in [0.05, 0.1) is 0 Å². The topological polar surface area (TPSA) is 15.3 Å². The molecule has 1 aromatic carbocycles. The Morgan fingerprint density at radius 3 is 2.87 bits per heavy atom. The van der Waals surface area contributed by atoms with Crippen molar-refractivity contribution in [2.24, 2.45) is 0 Å². The number of piperazine rings is 1. The van der Waals surface area contributed by atoms with Crippen LogP contribution in [0.4, 0.5) is 0 Å². The molecule has 1 aromatic rings. The lowest BCUT2D eigenvalue weighted by Gasteiger charge is -2.32. The van der Waals surface area contributed by atoms with Crippen molar-refractivity contribution in [3.05, 3.63) is 35.9 Å². The number of hydrogen-bond donors (Lipinski definition) is 1. The minimum Gasteiger partial charge on any atom is -0.314 e. The molecule has 15 heavy (non-hydrogen) atoms. The zero-order valence-electron chi connectivity index (χ0n) is 9.37. The van der Waals surface area contributed by atoms with Crippen LogP contribution in [0.2, 0.25) is 0 Å². The van der Waals surface area contributed by atoms with E-state index in [0.29, 0.717) is 6.04 Å². The summed E-state index contributed by atoms with van der Waals surface area (Å²) in [6.07, 6.45) is 1.11. The Kier molecular flexibility index (Phi) is 3.75. The van der Waals surface area contributed by atoms with Gasteiger partial charge in [-0.25, -0.2) is 0 Å². The first kappa shape index (κ1) is 10.7. The highest BCUT2D eigenvalue weighted by Gasteiger charge is 2.16. The second-order valence-corrected chi connectivity index (χ2v) is 4.23. The van der Waals surface area contributed by atoms with E-state index in [1.165, 1.54) is 18.7 Å². The van der Waals surface area contributed by atoms with E-state index in [1.807, 2.05) is 12.1 Å². The molecular formula is C13H19N2. The summed E-state index contributed by atoms with van der Waals surface area (Å²) in [4.78, 5) is 2.55. The van der Waals surface area contributed by atoms with E-state index in [9.17, 15) is 0 Å². The highest BCUT2D eigenvalue weighted by atomic mass is 15.2. The lowest BCUT2D eigenvalue weighted by molar-refractivity contribution is 0.183. The third-order valence-corrected chi connectivity index (χ3v) is 3.06. The van der Waals surface area contributed by atoms with Crippen LogP contribution in [0.25, 0.3) is 0 Å². The molecule has 0 aromatic heterocycles. The standard InChI is InChI=1S/C13H19N2/c1-12(15-9-7-14-8-10-15)11-13-5-3-2-4-6-13/h2-5,12,14H,7-11H2,1H3. The molecule has 2 nitrogen and oxygen atoms in total. The molecule has 1 radical (unpaired) electrons. The smallest absolute Gasteiger partial charge is 0.0110 e. The summed E-state index contributed by atoms with van der Waals surface area (Å²) in [5, 5.41) is 3.38. The van der Waals surface area contributed by atoms with Crippen molar-refractivity contribution in [2.45, 2.75) is 19.4 Å². The Hall–Kier alpha value is -0.860. The van der Waals surface area contributed by atoms with E-state index >= 15 is 0 Å². The van der Waals surface area contributed by atoms with Gasteiger partial charge in [0.2, 0.25) is 0 Å². The minimum absolute atomic E-state index is 0.630. The maximum absolute atomic E-state index is 3.38. The van der Waals surface area contributed by atoms with Gasteiger partial charge < -0.3 is 5.32 Å². The molecule has 0 amide bonds. The largest absolute Gasteiger partial charge is 0.314 e. The highest BCUT2D eigenvalue weighted by molar-refractivity contribution is 5.14. The zero-order chi connectivity index (χ0) is 10.5. The predicted molar refractivity (Wildman–Crippen MR) is 62.9 cm³/mol. The van der Waals surface area contributed by atoms with Crippen LogP contribution in [0.15, 0.2) is 24.3 Å². The number of rotatable bonds is 3. The highest BCUT2D eigenvalue weighted by Crippen LogP contribution is 2.08. The molecule has 1 unspecified atom stereocenters. The summed E-state index contributed by atoms with van der Waals surface area (Å²) in [7, 11) is 0. The van der Waals surface area contributed by atoms with Crippen LogP contribution < -0.4 is 5.32 Å². The van der Waals surface area contributed by atoms with Gasteiger partial charge in [-0.15, -0.1) is 0 Å². The van der Waals surface area contributed by atoms with Gasteiger partial charge in [-0.05, 0) is 25.0 Å². The first-order valence-electron chi connectivity index (χ1n) is 5.76. The maximum Gasteiger partial charge on any atom is 0.0110 e. The van der Waals surface area contributed by atoms with Crippen molar-refractivity contribution in [3.8, 4) is 0 Å². The van der Waals surface area contributed by atoms with Crippen LogP contribution in [0.3, 0.4) is 0 Å². The van der Waals surface area contributed by atoms with E-state index in [-0.39, 0.29) is 0 Å². The Morgan fingerprint density at radius 1 is 1.40 bits per heavy atom. The van der Waals surface area contributed by atoms with E-state index in [1.54, 1.807) is 0 Å². The van der Waals surface area contributed by atoms with E-state index in [4.69, 9.17) is 0 Å². The molecule has 0 bridgehead atoms. The Bertz CT molecular complexity index is 278. The van der Waals surface area contributed by atoms with E-state index in [2.05, 4.69) is 35.3 Å². The van der Waals surface area contributed by atoms with Crippen molar-refractivity contribution in [1.82, 2.24) is 10.2 Å². The molecule has 2 heteroatoms. The minimum atomic E-state index is 0.630. The Morgan fingerprint density at radius 2 is 2.20 bits per heavy atom. The third kappa shape index (κ3) is 3.05. The molecule has 1 saturated heterocycles. The average molecular weight is 203 g/mol. The fourth-order valence-electron chi connectivity index (χ4n) is 2.13. The molecule has 81 valence electrons. The molecule has 1 fully saturated rings.